The summed E-state index contributed by atoms with van der Waals surface area (Å²) in [6.07, 6.45) is 1.75. The van der Waals surface area contributed by atoms with E-state index in [0.717, 1.165) is 6.26 Å². The molecule has 0 aliphatic rings. The van der Waals surface area contributed by atoms with Gasteiger partial charge in [0.2, 0.25) is 10.0 Å². The van der Waals surface area contributed by atoms with E-state index in [4.69, 9.17) is 0 Å². The minimum Gasteiger partial charge on any atom is -0.356 e. The Bertz CT molecular complexity index is 221. The van der Waals surface area contributed by atoms with Gasteiger partial charge in [0.1, 0.15) is 0 Å². The van der Waals surface area contributed by atoms with Crippen LogP contribution in [0.2, 0.25) is 0 Å². The topological polar surface area (TPSA) is 72.5 Å². The molecule has 0 unspecified atom stereocenters. The molecule has 0 aromatic rings. The Morgan fingerprint density at radius 1 is 1.55 bits per heavy atom. The Balaban J connectivity index is 3.64. The molecule has 0 saturated heterocycles. The zero-order valence-electron chi connectivity index (χ0n) is 6.46. The molecule has 6 heteroatoms. The van der Waals surface area contributed by atoms with Crippen LogP contribution >= 0.6 is 0 Å². The SMILES string of the molecule is CCCC(=O)ONS(C)(=O)=O. The molecule has 0 atom stereocenters. The third-order valence-electron chi connectivity index (χ3n) is 0.761. The summed E-state index contributed by atoms with van der Waals surface area (Å²) in [7, 11) is -3.43. The van der Waals surface area contributed by atoms with E-state index >= 15 is 0 Å². The predicted octanol–water partition coefficient (Wildman–Crippen LogP) is -0.206. The summed E-state index contributed by atoms with van der Waals surface area (Å²) >= 11 is 0. The fraction of sp³-hybridized carbons (Fsp3) is 0.800. The first-order chi connectivity index (χ1) is 4.95. The second-order valence-corrected chi connectivity index (χ2v) is 3.79. The molecule has 66 valence electrons. The van der Waals surface area contributed by atoms with Gasteiger partial charge in [-0.3, -0.25) is 4.79 Å². The van der Waals surface area contributed by atoms with Crippen LogP contribution in [0.15, 0.2) is 0 Å². The van der Waals surface area contributed by atoms with Crippen LogP contribution in [0.25, 0.3) is 0 Å². The second-order valence-electron chi connectivity index (χ2n) is 2.08. The lowest BCUT2D eigenvalue weighted by atomic mass is 10.3. The third-order valence-corrected chi connectivity index (χ3v) is 1.15. The van der Waals surface area contributed by atoms with Crippen molar-refractivity contribution in [3.63, 3.8) is 0 Å². The van der Waals surface area contributed by atoms with Crippen LogP contribution in [-0.4, -0.2) is 20.6 Å². The van der Waals surface area contributed by atoms with Crippen LogP contribution in [0.1, 0.15) is 19.8 Å². The zero-order chi connectivity index (χ0) is 8.91. The van der Waals surface area contributed by atoms with Crippen molar-refractivity contribution in [3.05, 3.63) is 0 Å². The maximum absolute atomic E-state index is 10.5. The quantitative estimate of drug-likeness (QED) is 0.609. The first-order valence-corrected chi connectivity index (χ1v) is 5.01. The molecule has 5 nitrogen and oxygen atoms in total. The lowest BCUT2D eigenvalue weighted by Gasteiger charge is -2.00. The van der Waals surface area contributed by atoms with E-state index in [1.54, 1.807) is 11.8 Å². The summed E-state index contributed by atoms with van der Waals surface area (Å²) in [5.74, 6) is -0.571. The molecule has 0 aromatic heterocycles. The average Bonchev–Trinajstić information content (AvgIpc) is 1.83. The fourth-order valence-corrected chi connectivity index (χ4v) is 0.622. The van der Waals surface area contributed by atoms with Gasteiger partial charge in [-0.1, -0.05) is 6.92 Å². The molecule has 0 spiro atoms. The first kappa shape index (κ1) is 10.4. The maximum Gasteiger partial charge on any atom is 0.326 e. The summed E-state index contributed by atoms with van der Waals surface area (Å²) in [4.78, 5) is 16.3. The van der Waals surface area contributed by atoms with Gasteiger partial charge in [0.05, 0.1) is 6.26 Å². The van der Waals surface area contributed by atoms with Crippen molar-refractivity contribution >= 4 is 16.0 Å². The number of hydrogen-bond donors (Lipinski definition) is 1. The molecule has 0 fully saturated rings. The molecule has 0 saturated carbocycles. The van der Waals surface area contributed by atoms with E-state index in [9.17, 15) is 13.2 Å². The van der Waals surface area contributed by atoms with Crippen LogP contribution < -0.4 is 4.89 Å². The van der Waals surface area contributed by atoms with Gasteiger partial charge in [-0.2, -0.15) is 0 Å². The van der Waals surface area contributed by atoms with Crippen molar-refractivity contribution in [2.45, 2.75) is 19.8 Å². The zero-order valence-corrected chi connectivity index (χ0v) is 7.27. The largest absolute Gasteiger partial charge is 0.356 e. The monoisotopic (exact) mass is 181 g/mol. The van der Waals surface area contributed by atoms with Crippen molar-refractivity contribution in [1.82, 2.24) is 4.89 Å². The molecule has 0 aliphatic carbocycles. The summed E-state index contributed by atoms with van der Waals surface area (Å²) in [6.45, 7) is 1.79. The Morgan fingerprint density at radius 2 is 2.09 bits per heavy atom. The van der Waals surface area contributed by atoms with Crippen LogP contribution in [0.4, 0.5) is 0 Å². The summed E-state index contributed by atoms with van der Waals surface area (Å²) in [5.41, 5.74) is 0. The molecule has 0 amide bonds. The molecule has 0 radical (unpaired) electrons. The molecular formula is C5H11NO4S. The van der Waals surface area contributed by atoms with Crippen molar-refractivity contribution in [3.8, 4) is 0 Å². The van der Waals surface area contributed by atoms with E-state index in [2.05, 4.69) is 4.84 Å². The molecule has 1 N–H and O–H groups in total. The number of rotatable bonds is 4. The first-order valence-electron chi connectivity index (χ1n) is 3.12. The van der Waals surface area contributed by atoms with E-state index in [-0.39, 0.29) is 6.42 Å². The van der Waals surface area contributed by atoms with Crippen LogP contribution in [0.3, 0.4) is 0 Å². The number of hydrogen-bond acceptors (Lipinski definition) is 4. The predicted molar refractivity (Wildman–Crippen MR) is 39.0 cm³/mol. The number of carbonyl (C=O) groups excluding carboxylic acids is 1. The Labute approximate surface area is 65.7 Å². The standard InChI is InChI=1S/C5H11NO4S/c1-3-4-5(7)10-6-11(2,8)9/h6H,3-4H2,1-2H3. The fourth-order valence-electron chi connectivity index (χ4n) is 0.377. The highest BCUT2D eigenvalue weighted by molar-refractivity contribution is 7.88. The van der Waals surface area contributed by atoms with Gasteiger partial charge in [-0.25, -0.2) is 8.42 Å². The van der Waals surface area contributed by atoms with Gasteiger partial charge in [0.25, 0.3) is 0 Å². The molecular weight excluding hydrogens is 170 g/mol. The lowest BCUT2D eigenvalue weighted by Crippen LogP contribution is -2.25. The van der Waals surface area contributed by atoms with Crippen molar-refractivity contribution < 1.29 is 18.0 Å². The highest BCUT2D eigenvalue weighted by Gasteiger charge is 2.05. The van der Waals surface area contributed by atoms with Gasteiger partial charge in [-0.05, 0) is 11.3 Å². The highest BCUT2D eigenvalue weighted by atomic mass is 32.2. The average molecular weight is 181 g/mol. The third kappa shape index (κ3) is 7.27. The van der Waals surface area contributed by atoms with Crippen molar-refractivity contribution in [2.24, 2.45) is 0 Å². The van der Waals surface area contributed by atoms with Gasteiger partial charge in [0, 0.05) is 6.42 Å². The van der Waals surface area contributed by atoms with Gasteiger partial charge in [0.15, 0.2) is 0 Å². The number of nitrogens with one attached hydrogen (secondary N) is 1. The van der Waals surface area contributed by atoms with Gasteiger partial charge in [-0.15, -0.1) is 0 Å². The Morgan fingerprint density at radius 3 is 2.45 bits per heavy atom. The summed E-state index contributed by atoms with van der Waals surface area (Å²) in [6, 6.07) is 0. The maximum atomic E-state index is 10.5. The normalized spacial score (nSPS) is 11.1. The second kappa shape index (κ2) is 4.30. The summed E-state index contributed by atoms with van der Waals surface area (Å²) < 4.78 is 20.7. The molecule has 0 heterocycles. The molecule has 0 aliphatic heterocycles. The van der Waals surface area contributed by atoms with Crippen LogP contribution in [0, 0.1) is 0 Å². The van der Waals surface area contributed by atoms with E-state index < -0.39 is 16.0 Å². The van der Waals surface area contributed by atoms with E-state index in [1.807, 2.05) is 0 Å². The molecule has 11 heavy (non-hydrogen) atoms. The highest BCUT2D eigenvalue weighted by Crippen LogP contribution is 1.89. The Hall–Kier alpha value is -0.620. The molecule has 0 rings (SSSR count). The minimum absolute atomic E-state index is 0.211. The minimum atomic E-state index is -3.43. The van der Waals surface area contributed by atoms with Crippen molar-refractivity contribution in [2.75, 3.05) is 6.26 Å². The van der Waals surface area contributed by atoms with E-state index in [0.29, 0.717) is 6.42 Å². The van der Waals surface area contributed by atoms with Crippen molar-refractivity contribution in [1.29, 1.82) is 0 Å². The van der Waals surface area contributed by atoms with Gasteiger partial charge < -0.3 is 4.84 Å². The van der Waals surface area contributed by atoms with Gasteiger partial charge >= 0.3 is 5.97 Å². The molecule has 0 bridgehead atoms. The lowest BCUT2D eigenvalue weighted by molar-refractivity contribution is -0.147. The number of carbonyl (C=O) groups is 1. The number of sulfonamides is 1. The molecule has 0 aromatic carbocycles. The summed E-state index contributed by atoms with van der Waals surface area (Å²) in [5, 5.41) is 0. The smallest absolute Gasteiger partial charge is 0.326 e. The van der Waals surface area contributed by atoms with Crippen LogP contribution in [0.5, 0.6) is 0 Å². The van der Waals surface area contributed by atoms with E-state index in [1.165, 1.54) is 0 Å². The Kier molecular flexibility index (Phi) is 4.06. The van der Waals surface area contributed by atoms with Crippen LogP contribution in [-0.2, 0) is 19.7 Å².